The van der Waals surface area contributed by atoms with Crippen LogP contribution in [0.5, 0.6) is 0 Å². The van der Waals surface area contributed by atoms with Crippen molar-refractivity contribution in [2.24, 2.45) is 0 Å². The summed E-state index contributed by atoms with van der Waals surface area (Å²) < 4.78 is 37.0. The highest BCUT2D eigenvalue weighted by molar-refractivity contribution is 9.10. The molecule has 1 nitrogen and oxygen atoms in total. The zero-order chi connectivity index (χ0) is 11.5. The van der Waals surface area contributed by atoms with Gasteiger partial charge in [-0.15, -0.1) is 0 Å². The second-order valence-electron chi connectivity index (χ2n) is 3.42. The van der Waals surface area contributed by atoms with Gasteiger partial charge in [-0.1, -0.05) is 28.1 Å². The Morgan fingerprint density at radius 1 is 1.33 bits per heavy atom. The summed E-state index contributed by atoms with van der Waals surface area (Å²) in [6, 6.07) is 7.26. The monoisotopic (exact) mass is 281 g/mol. The first-order valence-corrected chi connectivity index (χ1v) is 5.16. The van der Waals surface area contributed by atoms with Crippen LogP contribution in [0, 0.1) is 0 Å². The number of rotatable bonds is 3. The summed E-state index contributed by atoms with van der Waals surface area (Å²) >= 11 is 3.27. The third-order valence-corrected chi connectivity index (χ3v) is 2.28. The number of nitrogens with zero attached hydrogens (tertiary/aromatic N) is 1. The van der Waals surface area contributed by atoms with Gasteiger partial charge < -0.3 is 0 Å². The number of alkyl halides is 3. The molecule has 0 aliphatic rings. The normalized spacial score (nSPS) is 12.1. The fraction of sp³-hybridized carbons (Fsp3) is 0.400. The molecule has 0 aliphatic carbocycles. The Hall–Kier alpha value is -0.550. The van der Waals surface area contributed by atoms with Crippen LogP contribution in [0.15, 0.2) is 28.7 Å². The summed E-state index contributed by atoms with van der Waals surface area (Å²) in [4.78, 5) is 1.24. The van der Waals surface area contributed by atoms with E-state index in [9.17, 15) is 13.2 Å². The minimum absolute atomic E-state index is 0.291. The molecule has 0 amide bonds. The van der Waals surface area contributed by atoms with E-state index in [4.69, 9.17) is 0 Å². The maximum absolute atomic E-state index is 12.0. The summed E-state index contributed by atoms with van der Waals surface area (Å²) in [7, 11) is 1.45. The Bertz CT molecular complexity index is 325. The number of hydrogen-bond donors (Lipinski definition) is 0. The van der Waals surface area contributed by atoms with Crippen molar-refractivity contribution < 1.29 is 13.2 Å². The average Bonchev–Trinajstić information content (AvgIpc) is 1.99. The van der Waals surface area contributed by atoms with E-state index in [0.29, 0.717) is 6.54 Å². The summed E-state index contributed by atoms with van der Waals surface area (Å²) in [5.41, 5.74) is 0.858. The number of hydrogen-bond acceptors (Lipinski definition) is 1. The Balaban J connectivity index is 2.55. The van der Waals surface area contributed by atoms with Crippen LogP contribution in [0.3, 0.4) is 0 Å². The van der Waals surface area contributed by atoms with Crippen molar-refractivity contribution in [2.45, 2.75) is 12.7 Å². The Morgan fingerprint density at radius 3 is 2.53 bits per heavy atom. The zero-order valence-electron chi connectivity index (χ0n) is 8.18. The second kappa shape index (κ2) is 4.99. The maximum Gasteiger partial charge on any atom is 0.401 e. The smallest absolute Gasteiger partial charge is 0.294 e. The standard InChI is InChI=1S/C10H11BrF3N/c1-15(7-10(12,13)14)6-8-3-2-4-9(11)5-8/h2-5H,6-7H2,1H3. The first kappa shape index (κ1) is 12.5. The van der Waals surface area contributed by atoms with E-state index in [-0.39, 0.29) is 0 Å². The van der Waals surface area contributed by atoms with Gasteiger partial charge in [0.1, 0.15) is 0 Å². The van der Waals surface area contributed by atoms with Gasteiger partial charge in [0.05, 0.1) is 6.54 Å². The second-order valence-corrected chi connectivity index (χ2v) is 4.33. The number of halogens is 4. The molecule has 0 aliphatic heterocycles. The molecular weight excluding hydrogens is 271 g/mol. The molecule has 0 bridgehead atoms. The lowest BCUT2D eigenvalue weighted by atomic mass is 10.2. The van der Waals surface area contributed by atoms with Crippen LogP contribution >= 0.6 is 15.9 Å². The molecule has 0 atom stereocenters. The highest BCUT2D eigenvalue weighted by Crippen LogP contribution is 2.18. The molecule has 0 aromatic heterocycles. The summed E-state index contributed by atoms with van der Waals surface area (Å²) in [6.45, 7) is -0.599. The fourth-order valence-corrected chi connectivity index (χ4v) is 1.76. The van der Waals surface area contributed by atoms with E-state index in [1.165, 1.54) is 11.9 Å². The largest absolute Gasteiger partial charge is 0.401 e. The molecule has 0 spiro atoms. The Morgan fingerprint density at radius 2 is 2.00 bits per heavy atom. The predicted molar refractivity (Wildman–Crippen MR) is 56.5 cm³/mol. The summed E-state index contributed by atoms with van der Waals surface area (Å²) in [5.74, 6) is 0. The van der Waals surface area contributed by atoms with Crippen molar-refractivity contribution in [3.63, 3.8) is 0 Å². The van der Waals surface area contributed by atoms with Crippen LogP contribution in [0.2, 0.25) is 0 Å². The van der Waals surface area contributed by atoms with E-state index < -0.39 is 12.7 Å². The lowest BCUT2D eigenvalue weighted by Crippen LogP contribution is -2.30. The van der Waals surface area contributed by atoms with Crippen LogP contribution in [0.25, 0.3) is 0 Å². The third kappa shape index (κ3) is 5.18. The van der Waals surface area contributed by atoms with Crippen LogP contribution in [-0.2, 0) is 6.54 Å². The molecule has 0 fully saturated rings. The first-order chi connectivity index (χ1) is 6.87. The van der Waals surface area contributed by atoms with Gasteiger partial charge in [0.2, 0.25) is 0 Å². The van der Waals surface area contributed by atoms with Gasteiger partial charge in [0.25, 0.3) is 0 Å². The molecule has 1 aromatic rings. The van der Waals surface area contributed by atoms with E-state index >= 15 is 0 Å². The molecule has 5 heteroatoms. The highest BCUT2D eigenvalue weighted by Gasteiger charge is 2.28. The SMILES string of the molecule is CN(Cc1cccc(Br)c1)CC(F)(F)F. The van der Waals surface area contributed by atoms with Crippen LogP contribution in [0.4, 0.5) is 13.2 Å². The van der Waals surface area contributed by atoms with E-state index in [1.807, 2.05) is 12.1 Å². The summed E-state index contributed by atoms with van der Waals surface area (Å²) in [5, 5.41) is 0. The molecule has 0 unspecified atom stereocenters. The number of benzene rings is 1. The molecular formula is C10H11BrF3N. The minimum atomic E-state index is -4.14. The Labute approximate surface area is 95.0 Å². The summed E-state index contributed by atoms with van der Waals surface area (Å²) in [6.07, 6.45) is -4.14. The van der Waals surface area contributed by atoms with E-state index in [2.05, 4.69) is 15.9 Å². The Kier molecular flexibility index (Phi) is 4.16. The average molecular weight is 282 g/mol. The lowest BCUT2D eigenvalue weighted by Gasteiger charge is -2.18. The molecule has 0 saturated carbocycles. The molecule has 1 rings (SSSR count). The third-order valence-electron chi connectivity index (χ3n) is 1.79. The first-order valence-electron chi connectivity index (χ1n) is 4.36. The highest BCUT2D eigenvalue weighted by atomic mass is 79.9. The molecule has 15 heavy (non-hydrogen) atoms. The van der Waals surface area contributed by atoms with Gasteiger partial charge in [0.15, 0.2) is 0 Å². The van der Waals surface area contributed by atoms with Gasteiger partial charge in [-0.05, 0) is 24.7 Å². The molecule has 0 heterocycles. The quantitative estimate of drug-likeness (QED) is 0.820. The van der Waals surface area contributed by atoms with Gasteiger partial charge in [-0.3, -0.25) is 4.90 Å². The van der Waals surface area contributed by atoms with Crippen LogP contribution in [0.1, 0.15) is 5.56 Å². The molecule has 1 aromatic carbocycles. The maximum atomic E-state index is 12.0. The fourth-order valence-electron chi connectivity index (χ4n) is 1.31. The molecule has 84 valence electrons. The zero-order valence-corrected chi connectivity index (χ0v) is 9.77. The predicted octanol–water partition coefficient (Wildman–Crippen LogP) is 3.44. The lowest BCUT2D eigenvalue weighted by molar-refractivity contribution is -0.144. The molecule has 0 radical (unpaired) electrons. The van der Waals surface area contributed by atoms with Crippen LogP contribution in [-0.4, -0.2) is 24.7 Å². The molecule has 0 saturated heterocycles. The van der Waals surface area contributed by atoms with Gasteiger partial charge in [0, 0.05) is 11.0 Å². The van der Waals surface area contributed by atoms with Crippen LogP contribution < -0.4 is 0 Å². The van der Waals surface area contributed by atoms with Gasteiger partial charge in [-0.25, -0.2) is 0 Å². The van der Waals surface area contributed by atoms with Gasteiger partial charge in [-0.2, -0.15) is 13.2 Å². The van der Waals surface area contributed by atoms with E-state index in [0.717, 1.165) is 10.0 Å². The minimum Gasteiger partial charge on any atom is -0.294 e. The van der Waals surface area contributed by atoms with Crippen molar-refractivity contribution in [1.29, 1.82) is 0 Å². The van der Waals surface area contributed by atoms with E-state index in [1.54, 1.807) is 12.1 Å². The van der Waals surface area contributed by atoms with Crippen molar-refractivity contribution in [3.05, 3.63) is 34.3 Å². The molecule has 0 N–H and O–H groups in total. The topological polar surface area (TPSA) is 3.24 Å². The van der Waals surface area contributed by atoms with Crippen molar-refractivity contribution >= 4 is 15.9 Å². The van der Waals surface area contributed by atoms with Crippen molar-refractivity contribution in [3.8, 4) is 0 Å². The van der Waals surface area contributed by atoms with Crippen molar-refractivity contribution in [2.75, 3.05) is 13.6 Å². The van der Waals surface area contributed by atoms with Gasteiger partial charge >= 0.3 is 6.18 Å². The van der Waals surface area contributed by atoms with Crippen molar-refractivity contribution in [1.82, 2.24) is 4.90 Å².